The number of ether oxygens (including phenoxy) is 2. The van der Waals surface area contributed by atoms with Crippen molar-refractivity contribution in [2.45, 2.75) is 72.0 Å². The summed E-state index contributed by atoms with van der Waals surface area (Å²) < 4.78 is 10.9. The predicted molar refractivity (Wildman–Crippen MR) is 131 cm³/mol. The minimum absolute atomic E-state index is 0.202. The van der Waals surface area contributed by atoms with Crippen LogP contribution in [0.2, 0.25) is 0 Å². The van der Waals surface area contributed by atoms with Crippen LogP contribution in [0.3, 0.4) is 0 Å². The van der Waals surface area contributed by atoms with Gasteiger partial charge in [0.1, 0.15) is 12.2 Å². The van der Waals surface area contributed by atoms with E-state index in [-0.39, 0.29) is 12.2 Å². The standard InChI is InChI=1S/C26H43N3O4/c1-5-28(24(30)32-22-23-14-10-9-11-15-23)17-13-8-6-7-12-16-27-18-20-29(21-19-27)25(31)33-26(2,3)4/h9-11,14-15H,5-8,12-13,16-22H2,1-4H3. The number of unbranched alkanes of at least 4 members (excludes halogenated alkanes) is 4. The molecule has 2 amide bonds. The van der Waals surface area contributed by atoms with Crippen molar-refractivity contribution in [1.29, 1.82) is 0 Å². The van der Waals surface area contributed by atoms with E-state index in [0.29, 0.717) is 13.2 Å². The molecule has 186 valence electrons. The van der Waals surface area contributed by atoms with Crippen molar-refractivity contribution >= 4 is 12.2 Å². The third-order valence-electron chi connectivity index (χ3n) is 5.77. The van der Waals surface area contributed by atoms with Gasteiger partial charge in [-0.25, -0.2) is 9.59 Å². The first-order chi connectivity index (χ1) is 15.8. The van der Waals surface area contributed by atoms with E-state index in [9.17, 15) is 9.59 Å². The highest BCUT2D eigenvalue weighted by Gasteiger charge is 2.25. The van der Waals surface area contributed by atoms with Gasteiger partial charge in [0.2, 0.25) is 0 Å². The molecule has 1 fully saturated rings. The molecule has 7 heteroatoms. The molecule has 1 aliphatic heterocycles. The number of benzene rings is 1. The molecule has 1 aromatic rings. The number of amides is 2. The van der Waals surface area contributed by atoms with Crippen LogP contribution in [0, 0.1) is 0 Å². The molecule has 0 atom stereocenters. The topological polar surface area (TPSA) is 62.3 Å². The van der Waals surface area contributed by atoms with Gasteiger partial charge < -0.3 is 19.3 Å². The summed E-state index contributed by atoms with van der Waals surface area (Å²) >= 11 is 0. The molecule has 0 unspecified atom stereocenters. The summed E-state index contributed by atoms with van der Waals surface area (Å²) in [6.07, 6.45) is 5.23. The zero-order chi connectivity index (χ0) is 24.1. The SMILES string of the molecule is CCN(CCCCCCCN1CCN(C(=O)OC(C)(C)C)CC1)C(=O)OCc1ccccc1. The van der Waals surface area contributed by atoms with Crippen LogP contribution in [-0.4, -0.2) is 78.3 Å². The lowest BCUT2D eigenvalue weighted by molar-refractivity contribution is 0.0144. The van der Waals surface area contributed by atoms with Crippen molar-refractivity contribution in [3.05, 3.63) is 35.9 Å². The van der Waals surface area contributed by atoms with Crippen LogP contribution in [0.4, 0.5) is 9.59 Å². The molecule has 0 N–H and O–H groups in total. The zero-order valence-electron chi connectivity index (χ0n) is 21.1. The highest BCUT2D eigenvalue weighted by atomic mass is 16.6. The monoisotopic (exact) mass is 461 g/mol. The molecule has 0 saturated carbocycles. The molecule has 7 nitrogen and oxygen atoms in total. The van der Waals surface area contributed by atoms with Gasteiger partial charge in [-0.05, 0) is 52.6 Å². The highest BCUT2D eigenvalue weighted by Crippen LogP contribution is 2.13. The van der Waals surface area contributed by atoms with E-state index >= 15 is 0 Å². The molecule has 0 aromatic heterocycles. The van der Waals surface area contributed by atoms with Crippen LogP contribution in [0.25, 0.3) is 0 Å². The van der Waals surface area contributed by atoms with Gasteiger partial charge in [-0.3, -0.25) is 4.90 Å². The Morgan fingerprint density at radius 1 is 0.939 bits per heavy atom. The first-order valence-electron chi connectivity index (χ1n) is 12.4. The van der Waals surface area contributed by atoms with Crippen LogP contribution in [0.15, 0.2) is 30.3 Å². The van der Waals surface area contributed by atoms with Gasteiger partial charge in [0.15, 0.2) is 0 Å². The van der Waals surface area contributed by atoms with Crippen molar-refractivity contribution in [2.75, 3.05) is 45.8 Å². The van der Waals surface area contributed by atoms with Gasteiger partial charge in [-0.15, -0.1) is 0 Å². The third kappa shape index (κ3) is 10.9. The third-order valence-corrected chi connectivity index (χ3v) is 5.77. The van der Waals surface area contributed by atoms with Crippen molar-refractivity contribution in [3.63, 3.8) is 0 Å². The van der Waals surface area contributed by atoms with E-state index in [1.54, 1.807) is 4.90 Å². The molecule has 1 heterocycles. The maximum Gasteiger partial charge on any atom is 0.410 e. The lowest BCUT2D eigenvalue weighted by Gasteiger charge is -2.35. The molecular weight excluding hydrogens is 418 g/mol. The van der Waals surface area contributed by atoms with Crippen molar-refractivity contribution < 1.29 is 19.1 Å². The minimum atomic E-state index is -0.440. The molecule has 0 aliphatic carbocycles. The van der Waals surface area contributed by atoms with Gasteiger partial charge in [-0.1, -0.05) is 49.6 Å². The van der Waals surface area contributed by atoms with Crippen molar-refractivity contribution in [3.8, 4) is 0 Å². The van der Waals surface area contributed by atoms with Crippen LogP contribution < -0.4 is 0 Å². The molecule has 0 radical (unpaired) electrons. The average Bonchev–Trinajstić information content (AvgIpc) is 2.79. The second kappa shape index (κ2) is 14.1. The second-order valence-corrected chi connectivity index (χ2v) is 9.70. The van der Waals surface area contributed by atoms with Crippen LogP contribution in [0.5, 0.6) is 0 Å². The molecule has 0 bridgehead atoms. The minimum Gasteiger partial charge on any atom is -0.445 e. The molecular formula is C26H43N3O4. The van der Waals surface area contributed by atoms with E-state index in [1.807, 2.05) is 62.9 Å². The quantitative estimate of drug-likeness (QED) is 0.427. The Hall–Kier alpha value is -2.28. The maximum absolute atomic E-state index is 12.3. The summed E-state index contributed by atoms with van der Waals surface area (Å²) in [5.41, 5.74) is 0.568. The summed E-state index contributed by atoms with van der Waals surface area (Å²) in [5.74, 6) is 0. The summed E-state index contributed by atoms with van der Waals surface area (Å²) in [6, 6.07) is 9.78. The molecule has 1 saturated heterocycles. The molecule has 33 heavy (non-hydrogen) atoms. The van der Waals surface area contributed by atoms with Crippen LogP contribution in [0.1, 0.15) is 65.4 Å². The lowest BCUT2D eigenvalue weighted by atomic mass is 10.1. The molecule has 2 rings (SSSR count). The van der Waals surface area contributed by atoms with Crippen molar-refractivity contribution in [2.24, 2.45) is 0 Å². The van der Waals surface area contributed by atoms with E-state index < -0.39 is 5.60 Å². The molecule has 1 aromatic carbocycles. The number of carbonyl (C=O) groups is 2. The first-order valence-corrected chi connectivity index (χ1v) is 12.4. The summed E-state index contributed by atoms with van der Waals surface area (Å²) in [7, 11) is 0. The second-order valence-electron chi connectivity index (χ2n) is 9.70. The van der Waals surface area contributed by atoms with E-state index in [4.69, 9.17) is 9.47 Å². The normalized spacial score (nSPS) is 14.7. The fourth-order valence-corrected chi connectivity index (χ4v) is 3.84. The zero-order valence-corrected chi connectivity index (χ0v) is 21.1. The number of rotatable bonds is 11. The van der Waals surface area contributed by atoms with Crippen LogP contribution >= 0.6 is 0 Å². The lowest BCUT2D eigenvalue weighted by Crippen LogP contribution is -2.50. The number of hydrogen-bond donors (Lipinski definition) is 0. The van der Waals surface area contributed by atoms with Gasteiger partial charge in [0.05, 0.1) is 0 Å². The Labute approximate surface area is 200 Å². The Kier molecular flexibility index (Phi) is 11.5. The first kappa shape index (κ1) is 27.0. The average molecular weight is 462 g/mol. The van der Waals surface area contributed by atoms with E-state index in [2.05, 4.69) is 4.90 Å². The summed E-state index contributed by atoms with van der Waals surface area (Å²) in [4.78, 5) is 30.5. The van der Waals surface area contributed by atoms with Crippen molar-refractivity contribution in [1.82, 2.24) is 14.7 Å². The maximum atomic E-state index is 12.3. The molecule has 0 spiro atoms. The predicted octanol–water partition coefficient (Wildman–Crippen LogP) is 5.15. The van der Waals surface area contributed by atoms with Gasteiger partial charge >= 0.3 is 12.2 Å². The fourth-order valence-electron chi connectivity index (χ4n) is 3.84. The summed E-state index contributed by atoms with van der Waals surface area (Å²) in [5, 5.41) is 0. The van der Waals surface area contributed by atoms with E-state index in [1.165, 1.54) is 19.3 Å². The van der Waals surface area contributed by atoms with E-state index in [0.717, 1.165) is 57.7 Å². The largest absolute Gasteiger partial charge is 0.445 e. The number of nitrogens with zero attached hydrogens (tertiary/aromatic N) is 3. The fraction of sp³-hybridized carbons (Fsp3) is 0.692. The van der Waals surface area contributed by atoms with Gasteiger partial charge in [-0.2, -0.15) is 0 Å². The van der Waals surface area contributed by atoms with Gasteiger partial charge in [0.25, 0.3) is 0 Å². The Bertz CT molecular complexity index is 697. The number of hydrogen-bond acceptors (Lipinski definition) is 5. The molecule has 1 aliphatic rings. The number of carbonyl (C=O) groups excluding carboxylic acids is 2. The van der Waals surface area contributed by atoms with Crippen LogP contribution in [-0.2, 0) is 16.1 Å². The Balaban J connectivity index is 1.50. The van der Waals surface area contributed by atoms with Gasteiger partial charge in [0, 0.05) is 39.3 Å². The summed E-state index contributed by atoms with van der Waals surface area (Å²) in [6.45, 7) is 13.8. The smallest absolute Gasteiger partial charge is 0.410 e. The Morgan fingerprint density at radius 2 is 1.58 bits per heavy atom. The number of piperazine rings is 1. The highest BCUT2D eigenvalue weighted by molar-refractivity contribution is 5.68. The Morgan fingerprint density at radius 3 is 2.21 bits per heavy atom.